The first-order chi connectivity index (χ1) is 9.05. The fraction of sp³-hybridized carbons (Fsp3) is 0.500. The molecule has 1 aromatic rings. The predicted molar refractivity (Wildman–Crippen MR) is 70.6 cm³/mol. The molecular weight excluding hydrogens is 242 g/mol. The molecule has 0 bridgehead atoms. The Morgan fingerprint density at radius 3 is 2.89 bits per heavy atom. The van der Waals surface area contributed by atoms with Crippen LogP contribution in [0.1, 0.15) is 18.2 Å². The molecule has 2 heterocycles. The first-order valence-electron chi connectivity index (χ1n) is 6.26. The van der Waals surface area contributed by atoms with E-state index in [2.05, 4.69) is 11.1 Å². The van der Waals surface area contributed by atoms with Gasteiger partial charge >= 0.3 is 5.97 Å². The van der Waals surface area contributed by atoms with E-state index in [1.54, 1.807) is 12.1 Å². The predicted octanol–water partition coefficient (Wildman–Crippen LogP) is 1.51. The van der Waals surface area contributed by atoms with Crippen molar-refractivity contribution in [3.8, 4) is 6.07 Å². The molecule has 0 aliphatic carbocycles. The van der Waals surface area contributed by atoms with Gasteiger partial charge in [-0.25, -0.2) is 4.98 Å². The van der Waals surface area contributed by atoms with Gasteiger partial charge in [-0.2, -0.15) is 5.26 Å². The highest BCUT2D eigenvalue weighted by molar-refractivity contribution is 5.74. The van der Waals surface area contributed by atoms with E-state index in [0.717, 1.165) is 18.1 Å². The molecule has 2 atom stereocenters. The number of aryl methyl sites for hydroxylation is 1. The van der Waals surface area contributed by atoms with Crippen molar-refractivity contribution in [2.75, 3.05) is 25.1 Å². The van der Waals surface area contributed by atoms with E-state index >= 15 is 0 Å². The minimum atomic E-state index is -0.178. The van der Waals surface area contributed by atoms with Gasteiger partial charge < -0.3 is 9.64 Å². The zero-order valence-corrected chi connectivity index (χ0v) is 11.4. The number of hydrogen-bond acceptors (Lipinski definition) is 5. The molecule has 2 unspecified atom stereocenters. The summed E-state index contributed by atoms with van der Waals surface area (Å²) in [5.41, 5.74) is 1.40. The van der Waals surface area contributed by atoms with Crippen LogP contribution >= 0.6 is 0 Å². The van der Waals surface area contributed by atoms with Crippen LogP contribution in [0.5, 0.6) is 0 Å². The molecule has 0 spiro atoms. The van der Waals surface area contributed by atoms with Gasteiger partial charge in [-0.05, 0) is 25.0 Å². The number of nitrogens with zero attached hydrogens (tertiary/aromatic N) is 3. The Morgan fingerprint density at radius 2 is 2.26 bits per heavy atom. The van der Waals surface area contributed by atoms with E-state index in [1.807, 2.05) is 18.7 Å². The highest BCUT2D eigenvalue weighted by Gasteiger charge is 2.36. The van der Waals surface area contributed by atoms with Gasteiger partial charge in [-0.3, -0.25) is 4.79 Å². The number of aromatic nitrogens is 1. The number of methoxy groups -OCH3 is 1. The Hall–Kier alpha value is -2.09. The molecule has 0 saturated carbocycles. The van der Waals surface area contributed by atoms with Gasteiger partial charge in [0.25, 0.3) is 0 Å². The van der Waals surface area contributed by atoms with Crippen LogP contribution in [0.15, 0.2) is 12.1 Å². The molecular formula is C14H17N3O2. The quantitative estimate of drug-likeness (QED) is 0.753. The van der Waals surface area contributed by atoms with E-state index in [4.69, 9.17) is 10.00 Å². The van der Waals surface area contributed by atoms with E-state index in [0.29, 0.717) is 12.1 Å². The number of nitriles is 1. The molecule has 1 saturated heterocycles. The van der Waals surface area contributed by atoms with Crippen LogP contribution in [0.3, 0.4) is 0 Å². The van der Waals surface area contributed by atoms with Gasteiger partial charge in [0.1, 0.15) is 5.82 Å². The number of pyridine rings is 1. The lowest BCUT2D eigenvalue weighted by Crippen LogP contribution is -2.25. The van der Waals surface area contributed by atoms with Crippen molar-refractivity contribution in [1.82, 2.24) is 4.98 Å². The van der Waals surface area contributed by atoms with Crippen molar-refractivity contribution < 1.29 is 9.53 Å². The minimum absolute atomic E-state index is 0.127. The molecule has 5 heteroatoms. The maximum absolute atomic E-state index is 11.7. The van der Waals surface area contributed by atoms with Crippen LogP contribution in [0, 0.1) is 30.1 Å². The van der Waals surface area contributed by atoms with Crippen LogP contribution in [0.2, 0.25) is 0 Å². The second-order valence-electron chi connectivity index (χ2n) is 4.98. The van der Waals surface area contributed by atoms with Crippen molar-refractivity contribution >= 4 is 11.8 Å². The first-order valence-corrected chi connectivity index (χ1v) is 6.26. The Kier molecular flexibility index (Phi) is 3.70. The zero-order valence-electron chi connectivity index (χ0n) is 11.4. The van der Waals surface area contributed by atoms with Crippen molar-refractivity contribution in [3.63, 3.8) is 0 Å². The molecule has 0 aromatic carbocycles. The van der Waals surface area contributed by atoms with Crippen LogP contribution in [-0.4, -0.2) is 31.2 Å². The summed E-state index contributed by atoms with van der Waals surface area (Å²) in [4.78, 5) is 18.2. The van der Waals surface area contributed by atoms with Crippen LogP contribution in [-0.2, 0) is 9.53 Å². The third-order valence-electron chi connectivity index (χ3n) is 3.51. The average molecular weight is 259 g/mol. The molecule has 1 aliphatic heterocycles. The monoisotopic (exact) mass is 259 g/mol. The number of rotatable bonds is 2. The van der Waals surface area contributed by atoms with E-state index in [-0.39, 0.29) is 17.8 Å². The van der Waals surface area contributed by atoms with Crippen molar-refractivity contribution in [3.05, 3.63) is 23.4 Å². The van der Waals surface area contributed by atoms with Gasteiger partial charge in [0.2, 0.25) is 0 Å². The van der Waals surface area contributed by atoms with Crippen LogP contribution < -0.4 is 4.90 Å². The van der Waals surface area contributed by atoms with E-state index in [9.17, 15) is 4.79 Å². The number of esters is 1. The molecule has 0 N–H and O–H groups in total. The third-order valence-corrected chi connectivity index (χ3v) is 3.51. The first kappa shape index (κ1) is 13.3. The second-order valence-corrected chi connectivity index (χ2v) is 4.98. The Morgan fingerprint density at radius 1 is 1.53 bits per heavy atom. The molecule has 5 nitrogen and oxygen atoms in total. The summed E-state index contributed by atoms with van der Waals surface area (Å²) < 4.78 is 4.82. The summed E-state index contributed by atoms with van der Waals surface area (Å²) in [7, 11) is 1.41. The van der Waals surface area contributed by atoms with Crippen molar-refractivity contribution in [2.45, 2.75) is 13.8 Å². The van der Waals surface area contributed by atoms with Gasteiger partial charge in [-0.15, -0.1) is 0 Å². The molecule has 1 fully saturated rings. The topological polar surface area (TPSA) is 66.2 Å². The van der Waals surface area contributed by atoms with Crippen LogP contribution in [0.25, 0.3) is 0 Å². The average Bonchev–Trinajstić information content (AvgIpc) is 2.79. The number of carbonyl (C=O) groups is 1. The smallest absolute Gasteiger partial charge is 0.310 e. The lowest BCUT2D eigenvalue weighted by atomic mass is 9.99. The Balaban J connectivity index is 2.23. The lowest BCUT2D eigenvalue weighted by Gasteiger charge is -2.17. The normalized spacial score (nSPS) is 22.1. The largest absolute Gasteiger partial charge is 0.469 e. The highest BCUT2D eigenvalue weighted by Crippen LogP contribution is 2.28. The molecule has 100 valence electrons. The van der Waals surface area contributed by atoms with Crippen LogP contribution in [0.4, 0.5) is 5.82 Å². The van der Waals surface area contributed by atoms with E-state index in [1.165, 1.54) is 7.11 Å². The summed E-state index contributed by atoms with van der Waals surface area (Å²) in [6.07, 6.45) is 0. The number of ether oxygens (including phenoxy) is 1. The Bertz CT molecular complexity index is 536. The fourth-order valence-corrected chi connectivity index (χ4v) is 2.49. The summed E-state index contributed by atoms with van der Waals surface area (Å²) in [5, 5.41) is 8.99. The fourth-order valence-electron chi connectivity index (χ4n) is 2.49. The molecule has 2 rings (SSSR count). The number of carbonyl (C=O) groups excluding carboxylic acids is 1. The van der Waals surface area contributed by atoms with Crippen molar-refractivity contribution in [1.29, 1.82) is 5.26 Å². The summed E-state index contributed by atoms with van der Waals surface area (Å²) in [6.45, 7) is 5.24. The molecule has 0 amide bonds. The summed E-state index contributed by atoms with van der Waals surface area (Å²) in [6, 6.07) is 5.64. The summed E-state index contributed by atoms with van der Waals surface area (Å²) in [5.74, 6) is 0.677. The molecule has 19 heavy (non-hydrogen) atoms. The number of hydrogen-bond donors (Lipinski definition) is 0. The maximum atomic E-state index is 11.7. The van der Waals surface area contributed by atoms with Crippen molar-refractivity contribution in [2.24, 2.45) is 11.8 Å². The lowest BCUT2D eigenvalue weighted by molar-refractivity contribution is -0.145. The molecule has 0 radical (unpaired) electrons. The van der Waals surface area contributed by atoms with E-state index < -0.39 is 0 Å². The number of anilines is 1. The summed E-state index contributed by atoms with van der Waals surface area (Å²) >= 11 is 0. The maximum Gasteiger partial charge on any atom is 0.310 e. The minimum Gasteiger partial charge on any atom is -0.469 e. The highest BCUT2D eigenvalue weighted by atomic mass is 16.5. The van der Waals surface area contributed by atoms with Gasteiger partial charge in [0, 0.05) is 18.8 Å². The zero-order chi connectivity index (χ0) is 14.0. The van der Waals surface area contributed by atoms with Gasteiger partial charge in [0.15, 0.2) is 0 Å². The third kappa shape index (κ3) is 2.68. The van der Waals surface area contributed by atoms with Gasteiger partial charge in [-0.1, -0.05) is 6.92 Å². The second kappa shape index (κ2) is 5.27. The van der Waals surface area contributed by atoms with Gasteiger partial charge in [0.05, 0.1) is 24.7 Å². The molecule has 1 aromatic heterocycles. The molecule has 1 aliphatic rings. The standard InChI is InChI=1S/C14H17N3O2/c1-9-7-17(8-12(9)14(18)19-3)13-5-11(6-15)4-10(2)16-13/h4-5,9,12H,7-8H2,1-3H3. The SMILES string of the molecule is COC(=O)C1CN(c2cc(C#N)cc(C)n2)CC1C. The Labute approximate surface area is 112 Å².